The molecule has 8 heteroatoms. The van der Waals surface area contributed by atoms with Gasteiger partial charge in [-0.05, 0) is 66.0 Å². The molecule has 1 aliphatic rings. The second kappa shape index (κ2) is 10.5. The number of fused-ring (bicyclic) bond motifs is 1. The number of carbonyl (C=O) groups is 2. The Morgan fingerprint density at radius 1 is 1.23 bits per heavy atom. The van der Waals surface area contributed by atoms with Crippen LogP contribution in [-0.4, -0.2) is 50.6 Å². The molecule has 3 aromatic rings. The molecule has 0 spiro atoms. The van der Waals surface area contributed by atoms with Crippen LogP contribution in [0.5, 0.6) is 0 Å². The molecular formula is C27H37N5O2S. The van der Waals surface area contributed by atoms with E-state index in [-0.39, 0.29) is 29.8 Å². The van der Waals surface area contributed by atoms with Crippen LogP contribution in [0.4, 0.5) is 0 Å². The molecule has 35 heavy (non-hydrogen) atoms. The number of rotatable bonds is 7. The summed E-state index contributed by atoms with van der Waals surface area (Å²) in [6.45, 7) is 13.6. The zero-order valence-electron chi connectivity index (χ0n) is 21.7. The average molecular weight is 496 g/mol. The van der Waals surface area contributed by atoms with E-state index in [0.29, 0.717) is 18.7 Å². The Morgan fingerprint density at radius 3 is 2.66 bits per heavy atom. The van der Waals surface area contributed by atoms with Crippen molar-refractivity contribution < 1.29 is 9.59 Å². The minimum atomic E-state index is -0.177. The third-order valence-electron chi connectivity index (χ3n) is 6.95. The number of piperidine rings is 1. The van der Waals surface area contributed by atoms with Crippen LogP contribution >= 0.6 is 11.3 Å². The average Bonchev–Trinajstić information content (AvgIpc) is 3.40. The molecular weight excluding hydrogens is 458 g/mol. The van der Waals surface area contributed by atoms with Gasteiger partial charge in [0.15, 0.2) is 5.65 Å². The lowest BCUT2D eigenvalue weighted by molar-refractivity contribution is -0.126. The number of hydrogen-bond donors (Lipinski definition) is 1. The van der Waals surface area contributed by atoms with Crippen molar-refractivity contribution >= 4 is 34.2 Å². The highest BCUT2D eigenvalue weighted by Gasteiger charge is 2.34. The predicted octanol–water partition coefficient (Wildman–Crippen LogP) is 5.51. The number of carbonyl (C=O) groups excluding carboxylic acids is 2. The quantitative estimate of drug-likeness (QED) is 0.438. The highest BCUT2D eigenvalue weighted by atomic mass is 32.1. The van der Waals surface area contributed by atoms with Crippen LogP contribution in [0.3, 0.4) is 0 Å². The normalized spacial score (nSPS) is 18.4. The van der Waals surface area contributed by atoms with E-state index in [9.17, 15) is 9.59 Å². The van der Waals surface area contributed by atoms with Gasteiger partial charge in [0.25, 0.3) is 5.91 Å². The maximum atomic E-state index is 14.0. The molecule has 1 aliphatic heterocycles. The second-order valence-corrected chi connectivity index (χ2v) is 11.5. The molecule has 2 amide bonds. The third kappa shape index (κ3) is 5.13. The van der Waals surface area contributed by atoms with Crippen LogP contribution in [0, 0.1) is 19.8 Å². The lowest BCUT2D eigenvalue weighted by atomic mass is 9.91. The SMILES string of the molecule is CCCCNC(=O)C1CCC(C)N(C(=O)c2cc(-c3cc(C)sc3C)nc3c2cnn3C(C)C)C1. The van der Waals surface area contributed by atoms with Crippen molar-refractivity contribution in [1.82, 2.24) is 25.0 Å². The first-order valence-corrected chi connectivity index (χ1v) is 13.6. The maximum Gasteiger partial charge on any atom is 0.255 e. The van der Waals surface area contributed by atoms with Gasteiger partial charge in [0.05, 0.1) is 28.8 Å². The first-order valence-electron chi connectivity index (χ1n) is 12.8. The van der Waals surface area contributed by atoms with Gasteiger partial charge in [-0.3, -0.25) is 9.59 Å². The number of amides is 2. The molecule has 0 aliphatic carbocycles. The summed E-state index contributed by atoms with van der Waals surface area (Å²) in [7, 11) is 0. The summed E-state index contributed by atoms with van der Waals surface area (Å²) in [6.07, 6.45) is 5.39. The zero-order valence-corrected chi connectivity index (χ0v) is 22.5. The van der Waals surface area contributed by atoms with Crippen molar-refractivity contribution in [2.45, 2.75) is 79.3 Å². The maximum absolute atomic E-state index is 14.0. The largest absolute Gasteiger partial charge is 0.356 e. The van der Waals surface area contributed by atoms with Crippen LogP contribution < -0.4 is 5.32 Å². The number of nitrogens with zero attached hydrogens (tertiary/aromatic N) is 4. The molecule has 188 valence electrons. The van der Waals surface area contributed by atoms with E-state index in [1.807, 2.05) is 15.6 Å². The molecule has 3 aromatic heterocycles. The van der Waals surface area contributed by atoms with Gasteiger partial charge in [0, 0.05) is 40.5 Å². The van der Waals surface area contributed by atoms with Gasteiger partial charge in [-0.1, -0.05) is 13.3 Å². The van der Waals surface area contributed by atoms with E-state index in [1.54, 1.807) is 17.5 Å². The monoisotopic (exact) mass is 495 g/mol. The number of likely N-dealkylation sites (tertiary alicyclic amines) is 1. The van der Waals surface area contributed by atoms with E-state index in [1.165, 1.54) is 9.75 Å². The first-order chi connectivity index (χ1) is 16.7. The summed E-state index contributed by atoms with van der Waals surface area (Å²) in [5, 5.41) is 8.39. The summed E-state index contributed by atoms with van der Waals surface area (Å²) >= 11 is 1.73. The van der Waals surface area contributed by atoms with Crippen molar-refractivity contribution in [3.63, 3.8) is 0 Å². The molecule has 4 heterocycles. The topological polar surface area (TPSA) is 80.1 Å². The van der Waals surface area contributed by atoms with Crippen LogP contribution in [0.15, 0.2) is 18.3 Å². The lowest BCUT2D eigenvalue weighted by Gasteiger charge is -2.37. The number of hydrogen-bond acceptors (Lipinski definition) is 5. The molecule has 2 atom stereocenters. The molecule has 0 aromatic carbocycles. The number of aryl methyl sites for hydroxylation is 2. The number of aromatic nitrogens is 3. The van der Waals surface area contributed by atoms with Crippen LogP contribution in [0.2, 0.25) is 0 Å². The third-order valence-corrected chi connectivity index (χ3v) is 7.91. The minimum absolute atomic E-state index is 0.0508. The molecule has 2 unspecified atom stereocenters. The summed E-state index contributed by atoms with van der Waals surface area (Å²) < 4.78 is 1.88. The van der Waals surface area contributed by atoms with Crippen LogP contribution in [0.25, 0.3) is 22.3 Å². The Balaban J connectivity index is 1.72. The van der Waals surface area contributed by atoms with E-state index < -0.39 is 0 Å². The Morgan fingerprint density at radius 2 is 2.00 bits per heavy atom. The van der Waals surface area contributed by atoms with Gasteiger partial charge < -0.3 is 10.2 Å². The lowest BCUT2D eigenvalue weighted by Crippen LogP contribution is -2.49. The van der Waals surface area contributed by atoms with Crippen molar-refractivity contribution in [2.24, 2.45) is 5.92 Å². The predicted molar refractivity (Wildman–Crippen MR) is 142 cm³/mol. The fourth-order valence-electron chi connectivity index (χ4n) is 4.89. The van der Waals surface area contributed by atoms with Crippen LogP contribution in [-0.2, 0) is 4.79 Å². The summed E-state index contributed by atoms with van der Waals surface area (Å²) in [4.78, 5) is 36.1. The standard InChI is InChI=1S/C27H37N5O2S/c1-7-8-11-28-26(33)20-10-9-17(4)31(15-20)27(34)22-13-24(21-12-18(5)35-19(21)6)30-25-23(22)14-29-32(25)16(2)3/h12-14,16-17,20H,7-11,15H2,1-6H3,(H,28,33). The van der Waals surface area contributed by atoms with Gasteiger partial charge in [0.2, 0.25) is 5.91 Å². The van der Waals surface area contributed by atoms with Gasteiger partial charge in [-0.15, -0.1) is 11.3 Å². The zero-order chi connectivity index (χ0) is 25.3. The van der Waals surface area contributed by atoms with Crippen LogP contribution in [0.1, 0.15) is 79.5 Å². The molecule has 1 fully saturated rings. The van der Waals surface area contributed by atoms with E-state index in [2.05, 4.69) is 58.0 Å². The molecule has 4 rings (SSSR count). The number of thiophene rings is 1. The Bertz CT molecular complexity index is 1230. The number of pyridine rings is 1. The van der Waals surface area contributed by atoms with Gasteiger partial charge >= 0.3 is 0 Å². The van der Waals surface area contributed by atoms with Gasteiger partial charge in [-0.25, -0.2) is 9.67 Å². The Labute approximate surface area is 211 Å². The highest BCUT2D eigenvalue weighted by Crippen LogP contribution is 2.34. The molecule has 1 N–H and O–H groups in total. The molecule has 1 saturated heterocycles. The smallest absolute Gasteiger partial charge is 0.255 e. The van der Waals surface area contributed by atoms with Crippen molar-refractivity contribution in [1.29, 1.82) is 0 Å². The summed E-state index contributed by atoms with van der Waals surface area (Å²) in [6, 6.07) is 4.25. The molecule has 0 saturated carbocycles. The van der Waals surface area contributed by atoms with Crippen molar-refractivity contribution in [3.8, 4) is 11.3 Å². The number of nitrogens with one attached hydrogen (secondary N) is 1. The summed E-state index contributed by atoms with van der Waals surface area (Å²) in [5.41, 5.74) is 3.19. The molecule has 0 bridgehead atoms. The Kier molecular flexibility index (Phi) is 7.59. The van der Waals surface area contributed by atoms with E-state index in [0.717, 1.165) is 48.0 Å². The first kappa shape index (κ1) is 25.4. The van der Waals surface area contributed by atoms with Crippen molar-refractivity contribution in [3.05, 3.63) is 33.6 Å². The molecule has 0 radical (unpaired) electrons. The molecule has 7 nitrogen and oxygen atoms in total. The van der Waals surface area contributed by atoms with Crippen molar-refractivity contribution in [2.75, 3.05) is 13.1 Å². The highest BCUT2D eigenvalue weighted by molar-refractivity contribution is 7.12. The fraction of sp³-hybridized carbons (Fsp3) is 0.556. The van der Waals surface area contributed by atoms with Gasteiger partial charge in [-0.2, -0.15) is 5.10 Å². The van der Waals surface area contributed by atoms with E-state index in [4.69, 9.17) is 4.98 Å². The van der Waals surface area contributed by atoms with E-state index >= 15 is 0 Å². The number of unbranched alkanes of at least 4 members (excludes halogenated alkanes) is 1. The van der Waals surface area contributed by atoms with Gasteiger partial charge in [0.1, 0.15) is 0 Å². The Hall–Kier alpha value is -2.74. The summed E-state index contributed by atoms with van der Waals surface area (Å²) in [5.74, 6) is -0.171. The minimum Gasteiger partial charge on any atom is -0.356 e. The fourth-order valence-corrected chi connectivity index (χ4v) is 5.82. The second-order valence-electron chi connectivity index (χ2n) is 10.0.